The zero-order chi connectivity index (χ0) is 21.4. The molecule has 160 valence electrons. The average molecular weight is 412 g/mol. The Morgan fingerprint density at radius 3 is 2.32 bits per heavy atom. The van der Waals surface area contributed by atoms with E-state index in [0.29, 0.717) is 19.0 Å². The summed E-state index contributed by atoms with van der Waals surface area (Å²) in [7, 11) is 0. The summed E-state index contributed by atoms with van der Waals surface area (Å²) >= 11 is 3.76. The van der Waals surface area contributed by atoms with E-state index in [9.17, 15) is 9.59 Å². The number of unbranched alkanes of at least 4 members (excludes halogenated alkanes) is 2. The second-order valence-corrected chi connectivity index (χ2v) is 7.65. The highest BCUT2D eigenvalue weighted by Crippen LogP contribution is 2.18. The van der Waals surface area contributed by atoms with E-state index in [1.165, 1.54) is 0 Å². The third-order valence-electron chi connectivity index (χ3n) is 4.24. The predicted octanol–water partition coefficient (Wildman–Crippen LogP) is 3.38. The first-order valence-corrected chi connectivity index (χ1v) is 10.4. The van der Waals surface area contributed by atoms with Crippen LogP contribution in [0.25, 0.3) is 0 Å². The quantitative estimate of drug-likeness (QED) is 0.206. The summed E-state index contributed by atoms with van der Waals surface area (Å²) in [5, 5.41) is 11.5. The summed E-state index contributed by atoms with van der Waals surface area (Å²) in [6.07, 6.45) is 5.58. The maximum atomic E-state index is 11.4. The second kappa shape index (κ2) is 16.4. The number of carboxylic acids is 1. The van der Waals surface area contributed by atoms with Gasteiger partial charge in [0.2, 0.25) is 5.91 Å². The molecule has 2 unspecified atom stereocenters. The van der Waals surface area contributed by atoms with Crippen molar-refractivity contribution in [2.75, 3.05) is 6.67 Å². The van der Waals surface area contributed by atoms with Gasteiger partial charge in [0.05, 0.1) is 18.6 Å². The van der Waals surface area contributed by atoms with Crippen LogP contribution >= 0.6 is 12.8 Å². The van der Waals surface area contributed by atoms with Crippen LogP contribution in [0, 0.1) is 11.8 Å². The Kier molecular flexibility index (Phi) is 15.5. The van der Waals surface area contributed by atoms with Crippen LogP contribution in [-0.2, 0) is 16.0 Å². The smallest absolute Gasteiger partial charge is 0.306 e. The highest BCUT2D eigenvalue weighted by molar-refractivity contribution is 7.78. The first-order valence-electron chi connectivity index (χ1n) is 9.98. The molecule has 0 radical (unpaired) electrons. The highest BCUT2D eigenvalue weighted by atomic mass is 32.1. The molecule has 28 heavy (non-hydrogen) atoms. The molecular formula is C21H37N3O3S. The minimum Gasteiger partial charge on any atom is -0.481 e. The molecule has 0 fully saturated rings. The Balaban J connectivity index is 0.000000528. The normalized spacial score (nSPS) is 12.6. The summed E-state index contributed by atoms with van der Waals surface area (Å²) in [5.41, 5.74) is 6.78. The molecule has 0 aliphatic heterocycles. The van der Waals surface area contributed by atoms with Crippen molar-refractivity contribution < 1.29 is 14.7 Å². The monoisotopic (exact) mass is 411 g/mol. The first-order chi connectivity index (χ1) is 13.3. The zero-order valence-corrected chi connectivity index (χ0v) is 18.3. The van der Waals surface area contributed by atoms with E-state index in [4.69, 9.17) is 10.8 Å². The standard InChI is InChI=1S/C11H22O2.C10H15N3OS/c1-4-5-6-7-10(11(12)13)8-9(2)3;11-9(10(14)12-7-13-15)6-8-4-2-1-3-5-8/h9-10H,4-8H2,1-3H3,(H,12,13);1-5,9,13,15H,6-7,11H2,(H,12,14). The average Bonchev–Trinajstić information content (AvgIpc) is 2.66. The van der Waals surface area contributed by atoms with Gasteiger partial charge in [0.15, 0.2) is 0 Å². The Labute approximate surface area is 175 Å². The summed E-state index contributed by atoms with van der Waals surface area (Å²) in [6, 6.07) is 9.16. The van der Waals surface area contributed by atoms with Crippen molar-refractivity contribution in [3.8, 4) is 0 Å². The predicted molar refractivity (Wildman–Crippen MR) is 118 cm³/mol. The van der Waals surface area contributed by atoms with Crippen LogP contribution in [-0.4, -0.2) is 29.7 Å². The third-order valence-corrected chi connectivity index (χ3v) is 4.40. The van der Waals surface area contributed by atoms with Crippen LogP contribution in [0.15, 0.2) is 30.3 Å². The molecule has 0 saturated carbocycles. The number of thiol groups is 1. The third kappa shape index (κ3) is 13.6. The van der Waals surface area contributed by atoms with Gasteiger partial charge in [0, 0.05) is 0 Å². The lowest BCUT2D eigenvalue weighted by Crippen LogP contribution is -2.44. The SMILES string of the molecule is CCCCCC(CC(C)C)C(=O)O.NC(Cc1ccccc1)C(=O)NCNS. The van der Waals surface area contributed by atoms with Gasteiger partial charge in [-0.2, -0.15) is 0 Å². The van der Waals surface area contributed by atoms with Gasteiger partial charge in [0.1, 0.15) is 0 Å². The van der Waals surface area contributed by atoms with Gasteiger partial charge in [0.25, 0.3) is 0 Å². The molecule has 1 aromatic carbocycles. The number of carbonyl (C=O) groups is 2. The van der Waals surface area contributed by atoms with E-state index in [2.05, 4.69) is 43.6 Å². The maximum absolute atomic E-state index is 11.4. The van der Waals surface area contributed by atoms with Crippen LogP contribution < -0.4 is 15.8 Å². The lowest BCUT2D eigenvalue weighted by Gasteiger charge is -2.13. The topological polar surface area (TPSA) is 104 Å². The fraction of sp³-hybridized carbons (Fsp3) is 0.619. The Hall–Kier alpha value is -1.57. The van der Waals surface area contributed by atoms with Crippen LogP contribution in [0.1, 0.15) is 58.4 Å². The molecule has 5 N–H and O–H groups in total. The number of carboxylic acid groups (broad SMARTS) is 1. The largest absolute Gasteiger partial charge is 0.481 e. The van der Waals surface area contributed by atoms with Gasteiger partial charge < -0.3 is 16.2 Å². The van der Waals surface area contributed by atoms with E-state index in [1.807, 2.05) is 30.3 Å². The van der Waals surface area contributed by atoms with E-state index in [1.54, 1.807) is 0 Å². The van der Waals surface area contributed by atoms with Gasteiger partial charge in [-0.1, -0.05) is 83.2 Å². The minimum atomic E-state index is -0.621. The molecule has 0 aromatic heterocycles. The van der Waals surface area contributed by atoms with Crippen molar-refractivity contribution in [2.45, 2.75) is 65.3 Å². The van der Waals surface area contributed by atoms with Crippen molar-refractivity contribution in [3.63, 3.8) is 0 Å². The molecule has 0 bridgehead atoms. The van der Waals surface area contributed by atoms with Gasteiger partial charge in [-0.3, -0.25) is 9.59 Å². The number of carbonyl (C=O) groups excluding carboxylic acids is 1. The van der Waals surface area contributed by atoms with Crippen molar-refractivity contribution in [1.82, 2.24) is 10.0 Å². The highest BCUT2D eigenvalue weighted by Gasteiger charge is 2.17. The van der Waals surface area contributed by atoms with E-state index < -0.39 is 12.0 Å². The van der Waals surface area contributed by atoms with Crippen molar-refractivity contribution >= 4 is 24.7 Å². The molecule has 0 saturated heterocycles. The number of amides is 1. The molecule has 6 nitrogen and oxygen atoms in total. The number of hydrogen-bond acceptors (Lipinski definition) is 5. The van der Waals surface area contributed by atoms with Crippen molar-refractivity contribution in [1.29, 1.82) is 0 Å². The van der Waals surface area contributed by atoms with Crippen molar-refractivity contribution in [2.24, 2.45) is 17.6 Å². The Morgan fingerprint density at radius 2 is 1.82 bits per heavy atom. The summed E-state index contributed by atoms with van der Waals surface area (Å²) in [4.78, 5) is 22.2. The van der Waals surface area contributed by atoms with E-state index in [-0.39, 0.29) is 11.8 Å². The lowest BCUT2D eigenvalue weighted by atomic mass is 9.92. The number of benzene rings is 1. The lowest BCUT2D eigenvalue weighted by molar-refractivity contribution is -0.142. The fourth-order valence-corrected chi connectivity index (χ4v) is 2.85. The maximum Gasteiger partial charge on any atom is 0.306 e. The van der Waals surface area contributed by atoms with Crippen LogP contribution in [0.4, 0.5) is 0 Å². The molecule has 0 aliphatic carbocycles. The molecule has 0 heterocycles. The Bertz CT molecular complexity index is 541. The fourth-order valence-electron chi connectivity index (χ4n) is 2.77. The summed E-state index contributed by atoms with van der Waals surface area (Å²) < 4.78 is 2.52. The number of nitrogens with two attached hydrogens (primary N) is 1. The molecule has 1 rings (SSSR count). The number of hydrogen-bond donors (Lipinski definition) is 5. The minimum absolute atomic E-state index is 0.119. The number of aliphatic carboxylic acids is 1. The van der Waals surface area contributed by atoms with Crippen molar-refractivity contribution in [3.05, 3.63) is 35.9 Å². The van der Waals surface area contributed by atoms with Crippen LogP contribution in [0.2, 0.25) is 0 Å². The molecule has 2 atom stereocenters. The molecule has 1 amide bonds. The first kappa shape index (κ1) is 26.4. The van der Waals surface area contributed by atoms with Gasteiger partial charge in [-0.05, 0) is 30.7 Å². The molecule has 0 spiro atoms. The molecule has 7 heteroatoms. The molecule has 0 aliphatic rings. The van der Waals surface area contributed by atoms with Crippen LogP contribution in [0.5, 0.6) is 0 Å². The number of nitrogens with one attached hydrogen (secondary N) is 2. The van der Waals surface area contributed by atoms with E-state index in [0.717, 1.165) is 37.7 Å². The molecule has 1 aromatic rings. The Morgan fingerprint density at radius 1 is 1.18 bits per heavy atom. The van der Waals surface area contributed by atoms with E-state index >= 15 is 0 Å². The second-order valence-electron chi connectivity index (χ2n) is 7.33. The van der Waals surface area contributed by atoms with Gasteiger partial charge >= 0.3 is 5.97 Å². The summed E-state index contributed by atoms with van der Waals surface area (Å²) in [6.45, 7) is 6.61. The van der Waals surface area contributed by atoms with Gasteiger partial charge in [-0.25, -0.2) is 4.72 Å². The van der Waals surface area contributed by atoms with Gasteiger partial charge in [-0.15, -0.1) is 0 Å². The summed E-state index contributed by atoms with van der Waals surface area (Å²) in [5.74, 6) is -0.431. The molecular weight excluding hydrogens is 374 g/mol. The zero-order valence-electron chi connectivity index (χ0n) is 17.4. The van der Waals surface area contributed by atoms with Crippen LogP contribution in [0.3, 0.4) is 0 Å². The number of rotatable bonds is 12.